The largest absolute Gasteiger partial charge is 0.507 e. The number of rotatable bonds is 6. The van der Waals surface area contributed by atoms with Crippen LogP contribution in [0.1, 0.15) is 11.1 Å². The lowest BCUT2D eigenvalue weighted by Gasteiger charge is -2.14. The smallest absolute Gasteiger partial charge is 0.234 e. The molecule has 168 valence electrons. The van der Waals surface area contributed by atoms with Gasteiger partial charge in [-0.2, -0.15) is 0 Å². The van der Waals surface area contributed by atoms with Crippen molar-refractivity contribution in [3.8, 4) is 22.8 Å². The first-order chi connectivity index (χ1) is 15.8. The maximum atomic E-state index is 12.6. The van der Waals surface area contributed by atoms with Gasteiger partial charge in [0, 0.05) is 4.47 Å². The van der Waals surface area contributed by atoms with E-state index in [1.807, 2.05) is 36.6 Å². The van der Waals surface area contributed by atoms with Crippen LogP contribution >= 0.6 is 39.3 Å². The number of halogens is 2. The average molecular weight is 544 g/mol. The van der Waals surface area contributed by atoms with Gasteiger partial charge >= 0.3 is 0 Å². The number of phenols is 1. The van der Waals surface area contributed by atoms with Gasteiger partial charge in [-0.15, -0.1) is 10.2 Å². The molecule has 0 saturated heterocycles. The van der Waals surface area contributed by atoms with Crippen LogP contribution in [0.2, 0.25) is 5.02 Å². The molecular formula is C24H20BrClN4O2S. The number of hydrogen-bond donors (Lipinski definition) is 2. The van der Waals surface area contributed by atoms with Crippen molar-refractivity contribution in [1.82, 2.24) is 14.8 Å². The third-order valence-corrected chi connectivity index (χ3v) is 6.66. The average Bonchev–Trinajstić information content (AvgIpc) is 3.19. The zero-order chi connectivity index (χ0) is 23.5. The van der Waals surface area contributed by atoms with Gasteiger partial charge in [-0.05, 0) is 55.8 Å². The molecule has 4 rings (SSSR count). The molecule has 0 aliphatic rings. The van der Waals surface area contributed by atoms with Gasteiger partial charge in [-0.3, -0.25) is 9.36 Å². The number of carbonyl (C=O) groups excluding carboxylic acids is 1. The number of thioether (sulfide) groups is 1. The summed E-state index contributed by atoms with van der Waals surface area (Å²) in [5.41, 5.74) is 4.11. The summed E-state index contributed by atoms with van der Waals surface area (Å²) >= 11 is 10.9. The van der Waals surface area contributed by atoms with Crippen LogP contribution in [0, 0.1) is 13.8 Å². The molecule has 1 aromatic heterocycles. The zero-order valence-corrected chi connectivity index (χ0v) is 21.0. The Balaban J connectivity index is 1.69. The first-order valence-corrected chi connectivity index (χ1v) is 12.2. The summed E-state index contributed by atoms with van der Waals surface area (Å²) in [5, 5.41) is 23.0. The van der Waals surface area contributed by atoms with Crippen LogP contribution in [0.25, 0.3) is 17.1 Å². The van der Waals surface area contributed by atoms with E-state index < -0.39 is 0 Å². The van der Waals surface area contributed by atoms with E-state index in [1.54, 1.807) is 36.4 Å². The number of aromatic hydroxyl groups is 1. The Bertz CT molecular complexity index is 1340. The molecule has 4 aromatic rings. The fourth-order valence-electron chi connectivity index (χ4n) is 3.38. The minimum absolute atomic E-state index is 0.0876. The van der Waals surface area contributed by atoms with Crippen molar-refractivity contribution in [1.29, 1.82) is 0 Å². The van der Waals surface area contributed by atoms with Crippen LogP contribution in [0.15, 0.2) is 70.3 Å². The van der Waals surface area contributed by atoms with Gasteiger partial charge < -0.3 is 10.4 Å². The second kappa shape index (κ2) is 9.99. The van der Waals surface area contributed by atoms with Gasteiger partial charge in [0.15, 0.2) is 11.0 Å². The fraction of sp³-hybridized carbons (Fsp3) is 0.125. The summed E-state index contributed by atoms with van der Waals surface area (Å²) in [7, 11) is 0. The Morgan fingerprint density at radius 1 is 1.12 bits per heavy atom. The van der Waals surface area contributed by atoms with Crippen molar-refractivity contribution in [2.45, 2.75) is 19.0 Å². The summed E-state index contributed by atoms with van der Waals surface area (Å²) in [6.07, 6.45) is 0. The SMILES string of the molecule is Cc1ccc(-n2c(SCC(=O)Nc3ccccc3Cl)nnc2-c2cc(Br)ccc2O)c(C)c1. The molecule has 0 fully saturated rings. The third kappa shape index (κ3) is 5.24. The van der Waals surface area contributed by atoms with Crippen LogP contribution in [-0.4, -0.2) is 31.5 Å². The van der Waals surface area contributed by atoms with E-state index in [-0.39, 0.29) is 17.4 Å². The topological polar surface area (TPSA) is 80.0 Å². The maximum Gasteiger partial charge on any atom is 0.234 e. The molecule has 33 heavy (non-hydrogen) atoms. The zero-order valence-electron chi connectivity index (χ0n) is 17.8. The monoisotopic (exact) mass is 542 g/mol. The lowest BCUT2D eigenvalue weighted by Crippen LogP contribution is -2.15. The minimum Gasteiger partial charge on any atom is -0.507 e. The van der Waals surface area contributed by atoms with Crippen LogP contribution in [0.4, 0.5) is 5.69 Å². The highest BCUT2D eigenvalue weighted by molar-refractivity contribution is 9.10. The van der Waals surface area contributed by atoms with E-state index >= 15 is 0 Å². The summed E-state index contributed by atoms with van der Waals surface area (Å²) in [5.74, 6) is 0.466. The number of carbonyl (C=O) groups is 1. The minimum atomic E-state index is -0.213. The molecular weight excluding hydrogens is 524 g/mol. The van der Waals surface area contributed by atoms with Gasteiger partial charge in [-0.1, -0.05) is 69.1 Å². The molecule has 2 N–H and O–H groups in total. The third-order valence-electron chi connectivity index (χ3n) is 4.91. The molecule has 0 bridgehead atoms. The molecule has 0 saturated carbocycles. The number of phenolic OH excluding ortho intramolecular Hbond substituents is 1. The predicted octanol–water partition coefficient (Wildman–Crippen LogP) is 6.40. The summed E-state index contributed by atoms with van der Waals surface area (Å²) < 4.78 is 2.67. The molecule has 0 spiro atoms. The number of nitrogens with zero attached hydrogens (tertiary/aromatic N) is 3. The molecule has 0 aliphatic heterocycles. The molecule has 0 unspecified atom stereocenters. The highest BCUT2D eigenvalue weighted by Gasteiger charge is 2.21. The van der Waals surface area contributed by atoms with Gasteiger partial charge in [0.1, 0.15) is 5.75 Å². The number of anilines is 1. The van der Waals surface area contributed by atoms with Crippen LogP contribution < -0.4 is 5.32 Å². The van der Waals surface area contributed by atoms with E-state index in [0.717, 1.165) is 21.3 Å². The molecule has 0 atom stereocenters. The number of aromatic nitrogens is 3. The maximum absolute atomic E-state index is 12.6. The van der Waals surface area contributed by atoms with Crippen molar-refractivity contribution in [2.75, 3.05) is 11.1 Å². The number of para-hydroxylation sites is 1. The Morgan fingerprint density at radius 2 is 1.91 bits per heavy atom. The number of nitrogens with one attached hydrogen (secondary N) is 1. The fourth-order valence-corrected chi connectivity index (χ4v) is 4.67. The molecule has 9 heteroatoms. The summed E-state index contributed by atoms with van der Waals surface area (Å²) in [4.78, 5) is 12.6. The molecule has 6 nitrogen and oxygen atoms in total. The van der Waals surface area contributed by atoms with Crippen molar-refractivity contribution in [3.05, 3.63) is 81.3 Å². The Labute approximate surface area is 209 Å². The summed E-state index contributed by atoms with van der Waals surface area (Å²) in [6, 6.07) is 18.3. The van der Waals surface area contributed by atoms with Gasteiger partial charge in [-0.25, -0.2) is 0 Å². The van der Waals surface area contributed by atoms with E-state index in [0.29, 0.717) is 27.3 Å². The van der Waals surface area contributed by atoms with Crippen molar-refractivity contribution in [3.63, 3.8) is 0 Å². The Morgan fingerprint density at radius 3 is 2.67 bits per heavy atom. The first-order valence-electron chi connectivity index (χ1n) is 10.0. The van der Waals surface area contributed by atoms with Crippen LogP contribution in [0.3, 0.4) is 0 Å². The molecule has 1 heterocycles. The van der Waals surface area contributed by atoms with Crippen LogP contribution in [-0.2, 0) is 4.79 Å². The standard InChI is InChI=1S/C24H20BrClN4O2S/c1-14-7-9-20(15(2)11-14)30-23(17-12-16(25)8-10-21(17)31)28-29-24(30)33-13-22(32)27-19-6-4-3-5-18(19)26/h3-12,31H,13H2,1-2H3,(H,27,32). The summed E-state index contributed by atoms with van der Waals surface area (Å²) in [6.45, 7) is 4.03. The second-order valence-corrected chi connectivity index (χ2v) is 9.68. The molecule has 0 aliphatic carbocycles. The molecule has 3 aromatic carbocycles. The number of amides is 1. The van der Waals surface area contributed by atoms with E-state index in [4.69, 9.17) is 11.6 Å². The van der Waals surface area contributed by atoms with E-state index in [9.17, 15) is 9.90 Å². The quantitative estimate of drug-likeness (QED) is 0.275. The number of hydrogen-bond acceptors (Lipinski definition) is 5. The number of aryl methyl sites for hydroxylation is 2. The van der Waals surface area contributed by atoms with Gasteiger partial charge in [0.25, 0.3) is 0 Å². The van der Waals surface area contributed by atoms with E-state index in [2.05, 4.69) is 37.5 Å². The Kier molecular flexibility index (Phi) is 7.07. The normalized spacial score (nSPS) is 10.9. The molecule has 0 radical (unpaired) electrons. The van der Waals surface area contributed by atoms with Crippen molar-refractivity contribution < 1.29 is 9.90 Å². The van der Waals surface area contributed by atoms with Crippen LogP contribution in [0.5, 0.6) is 5.75 Å². The van der Waals surface area contributed by atoms with Crippen molar-refractivity contribution >= 4 is 50.9 Å². The lowest BCUT2D eigenvalue weighted by molar-refractivity contribution is -0.113. The molecule has 1 amide bonds. The van der Waals surface area contributed by atoms with Gasteiger partial charge in [0.2, 0.25) is 5.91 Å². The van der Waals surface area contributed by atoms with Crippen molar-refractivity contribution in [2.24, 2.45) is 0 Å². The lowest BCUT2D eigenvalue weighted by atomic mass is 10.1. The first kappa shape index (κ1) is 23.4. The van der Waals surface area contributed by atoms with Gasteiger partial charge in [0.05, 0.1) is 27.7 Å². The Hall–Kier alpha value is -2.81. The highest BCUT2D eigenvalue weighted by Crippen LogP contribution is 2.35. The highest BCUT2D eigenvalue weighted by atomic mass is 79.9. The second-order valence-electron chi connectivity index (χ2n) is 7.41. The predicted molar refractivity (Wildman–Crippen MR) is 136 cm³/mol. The number of benzene rings is 3. The van der Waals surface area contributed by atoms with E-state index in [1.165, 1.54) is 11.8 Å².